The molecule has 28 heavy (non-hydrogen) atoms. The fourth-order valence-electron chi connectivity index (χ4n) is 2.72. The standard InChI is InChI=1S/C21H20F2N4O/c1-15-5-4-7-18(25-15)14-27(12-10-17-6-2-3-11-24-17)21(28)26-20-9-8-16(22)13-19(20)23/h2-9,11,13H,10,12,14H2,1H3,(H,26,28). The van der Waals surface area contributed by atoms with Gasteiger partial charge in [-0.2, -0.15) is 0 Å². The number of carbonyl (C=O) groups excluding carboxylic acids is 1. The lowest BCUT2D eigenvalue weighted by molar-refractivity contribution is 0.209. The van der Waals surface area contributed by atoms with Gasteiger partial charge in [0.05, 0.1) is 17.9 Å². The summed E-state index contributed by atoms with van der Waals surface area (Å²) in [5.74, 6) is -1.53. The molecule has 0 atom stereocenters. The van der Waals surface area contributed by atoms with E-state index in [4.69, 9.17) is 0 Å². The predicted octanol–water partition coefficient (Wildman–Crippen LogP) is 4.34. The van der Waals surface area contributed by atoms with E-state index in [-0.39, 0.29) is 12.2 Å². The number of nitrogens with one attached hydrogen (secondary N) is 1. The third-order valence-corrected chi connectivity index (χ3v) is 4.12. The zero-order valence-electron chi connectivity index (χ0n) is 15.4. The number of aryl methyl sites for hydroxylation is 1. The highest BCUT2D eigenvalue weighted by Crippen LogP contribution is 2.16. The van der Waals surface area contributed by atoms with Gasteiger partial charge in [0.2, 0.25) is 0 Å². The second-order valence-electron chi connectivity index (χ2n) is 6.32. The van der Waals surface area contributed by atoms with Crippen LogP contribution >= 0.6 is 0 Å². The molecule has 3 aromatic rings. The molecule has 2 aromatic heterocycles. The number of urea groups is 1. The maximum absolute atomic E-state index is 13.9. The van der Waals surface area contributed by atoms with E-state index < -0.39 is 17.7 Å². The molecule has 2 heterocycles. The van der Waals surface area contributed by atoms with Gasteiger partial charge in [0.25, 0.3) is 0 Å². The summed E-state index contributed by atoms with van der Waals surface area (Å²) in [6.07, 6.45) is 2.22. The van der Waals surface area contributed by atoms with Crippen molar-refractivity contribution in [2.75, 3.05) is 11.9 Å². The molecule has 0 aliphatic carbocycles. The van der Waals surface area contributed by atoms with Crippen LogP contribution in [0, 0.1) is 18.6 Å². The first-order chi connectivity index (χ1) is 13.5. The zero-order valence-corrected chi connectivity index (χ0v) is 15.4. The molecule has 0 aliphatic rings. The highest BCUT2D eigenvalue weighted by Gasteiger charge is 2.17. The van der Waals surface area contributed by atoms with Gasteiger partial charge in [-0.1, -0.05) is 12.1 Å². The summed E-state index contributed by atoms with van der Waals surface area (Å²) in [6, 6.07) is 13.7. The molecule has 0 radical (unpaired) electrons. The molecule has 3 rings (SSSR count). The molecule has 0 spiro atoms. The number of benzene rings is 1. The third kappa shape index (κ3) is 5.33. The topological polar surface area (TPSA) is 58.1 Å². The largest absolute Gasteiger partial charge is 0.322 e. The molecule has 0 saturated heterocycles. The molecule has 1 aromatic carbocycles. The zero-order chi connectivity index (χ0) is 19.9. The lowest BCUT2D eigenvalue weighted by Crippen LogP contribution is -2.36. The second kappa shape index (κ2) is 9.03. The van der Waals surface area contributed by atoms with E-state index in [0.29, 0.717) is 13.0 Å². The van der Waals surface area contributed by atoms with Crippen LogP contribution in [0.2, 0.25) is 0 Å². The van der Waals surface area contributed by atoms with Gasteiger partial charge in [-0.05, 0) is 43.3 Å². The molecule has 2 amide bonds. The molecule has 1 N–H and O–H groups in total. The van der Waals surface area contributed by atoms with Crippen molar-refractivity contribution in [1.29, 1.82) is 0 Å². The van der Waals surface area contributed by atoms with Crippen molar-refractivity contribution in [3.63, 3.8) is 0 Å². The Balaban J connectivity index is 1.76. The number of amides is 2. The summed E-state index contributed by atoms with van der Waals surface area (Å²) >= 11 is 0. The van der Waals surface area contributed by atoms with E-state index in [1.165, 1.54) is 11.0 Å². The first-order valence-electron chi connectivity index (χ1n) is 8.85. The van der Waals surface area contributed by atoms with Crippen molar-refractivity contribution in [2.45, 2.75) is 19.9 Å². The lowest BCUT2D eigenvalue weighted by Gasteiger charge is -2.23. The number of halogens is 2. The van der Waals surface area contributed by atoms with E-state index in [1.54, 1.807) is 6.20 Å². The Morgan fingerprint density at radius 2 is 1.89 bits per heavy atom. The van der Waals surface area contributed by atoms with Crippen molar-refractivity contribution in [3.8, 4) is 0 Å². The summed E-state index contributed by atoms with van der Waals surface area (Å²) in [5, 5.41) is 2.51. The van der Waals surface area contributed by atoms with E-state index in [9.17, 15) is 13.6 Å². The molecular formula is C21H20F2N4O. The second-order valence-corrected chi connectivity index (χ2v) is 6.32. The fraction of sp³-hybridized carbons (Fsp3) is 0.190. The number of carbonyl (C=O) groups is 1. The van der Waals surface area contributed by atoms with Crippen molar-refractivity contribution in [2.24, 2.45) is 0 Å². The molecule has 7 heteroatoms. The number of rotatable bonds is 6. The average Bonchev–Trinajstić information content (AvgIpc) is 2.68. The molecule has 0 bridgehead atoms. The van der Waals surface area contributed by atoms with Crippen molar-refractivity contribution < 1.29 is 13.6 Å². The van der Waals surface area contributed by atoms with Gasteiger partial charge in [-0.25, -0.2) is 13.6 Å². The van der Waals surface area contributed by atoms with Gasteiger partial charge in [0.15, 0.2) is 0 Å². The maximum Gasteiger partial charge on any atom is 0.322 e. The van der Waals surface area contributed by atoms with Crippen molar-refractivity contribution >= 4 is 11.7 Å². The van der Waals surface area contributed by atoms with Crippen LogP contribution < -0.4 is 5.32 Å². The lowest BCUT2D eigenvalue weighted by atomic mass is 10.2. The molecule has 0 saturated carbocycles. The van der Waals surface area contributed by atoms with Crippen molar-refractivity contribution in [3.05, 3.63) is 89.5 Å². The number of hydrogen-bond acceptors (Lipinski definition) is 3. The minimum Gasteiger partial charge on any atom is -0.318 e. The molecular weight excluding hydrogens is 362 g/mol. The van der Waals surface area contributed by atoms with Crippen LogP contribution in [0.25, 0.3) is 0 Å². The predicted molar refractivity (Wildman–Crippen MR) is 103 cm³/mol. The van der Waals surface area contributed by atoms with Gasteiger partial charge >= 0.3 is 6.03 Å². The summed E-state index contributed by atoms with van der Waals surface area (Å²) in [5.41, 5.74) is 2.32. The Hall–Kier alpha value is -3.35. The SMILES string of the molecule is Cc1cccc(CN(CCc2ccccn2)C(=O)Nc2ccc(F)cc2F)n1. The summed E-state index contributed by atoms with van der Waals surface area (Å²) < 4.78 is 27.0. The van der Waals surface area contributed by atoms with Crippen LogP contribution in [0.1, 0.15) is 17.1 Å². The smallest absolute Gasteiger partial charge is 0.318 e. The van der Waals surface area contributed by atoms with Crippen LogP contribution in [0.3, 0.4) is 0 Å². The Kier molecular flexibility index (Phi) is 6.26. The quantitative estimate of drug-likeness (QED) is 0.690. The average molecular weight is 382 g/mol. The van der Waals surface area contributed by atoms with E-state index in [0.717, 1.165) is 29.2 Å². The Labute approximate surface area is 162 Å². The number of anilines is 1. The highest BCUT2D eigenvalue weighted by atomic mass is 19.1. The maximum atomic E-state index is 13.9. The summed E-state index contributed by atoms with van der Waals surface area (Å²) in [4.78, 5) is 23.0. The van der Waals surface area contributed by atoms with E-state index in [1.807, 2.05) is 43.3 Å². The molecule has 5 nitrogen and oxygen atoms in total. The third-order valence-electron chi connectivity index (χ3n) is 4.12. The molecule has 0 unspecified atom stereocenters. The summed E-state index contributed by atoms with van der Waals surface area (Å²) in [6.45, 7) is 2.49. The number of pyridine rings is 2. The Morgan fingerprint density at radius 3 is 2.61 bits per heavy atom. The van der Waals surface area contributed by atoms with Gasteiger partial charge in [0, 0.05) is 36.6 Å². The molecule has 0 fully saturated rings. The van der Waals surface area contributed by atoms with Gasteiger partial charge in [0.1, 0.15) is 11.6 Å². The van der Waals surface area contributed by atoms with Crippen molar-refractivity contribution in [1.82, 2.24) is 14.9 Å². The number of hydrogen-bond donors (Lipinski definition) is 1. The Morgan fingerprint density at radius 1 is 1.07 bits per heavy atom. The van der Waals surface area contributed by atoms with Crippen LogP contribution in [0.15, 0.2) is 60.8 Å². The monoisotopic (exact) mass is 382 g/mol. The molecule has 0 aliphatic heterocycles. The first kappa shape index (κ1) is 19.4. The van der Waals surface area contributed by atoms with Crippen LogP contribution in [0.5, 0.6) is 0 Å². The number of aromatic nitrogens is 2. The van der Waals surface area contributed by atoms with Crippen LogP contribution in [-0.2, 0) is 13.0 Å². The van der Waals surface area contributed by atoms with E-state index >= 15 is 0 Å². The normalized spacial score (nSPS) is 10.5. The fourth-order valence-corrected chi connectivity index (χ4v) is 2.72. The van der Waals surface area contributed by atoms with Crippen LogP contribution in [0.4, 0.5) is 19.3 Å². The minimum absolute atomic E-state index is 0.0774. The first-order valence-corrected chi connectivity index (χ1v) is 8.85. The minimum atomic E-state index is -0.827. The van der Waals surface area contributed by atoms with Crippen LogP contribution in [-0.4, -0.2) is 27.4 Å². The molecule has 144 valence electrons. The van der Waals surface area contributed by atoms with Gasteiger partial charge in [-0.3, -0.25) is 9.97 Å². The van der Waals surface area contributed by atoms with Gasteiger partial charge in [-0.15, -0.1) is 0 Å². The highest BCUT2D eigenvalue weighted by molar-refractivity contribution is 5.89. The Bertz CT molecular complexity index is 950. The number of nitrogens with zero attached hydrogens (tertiary/aromatic N) is 3. The van der Waals surface area contributed by atoms with Gasteiger partial charge < -0.3 is 10.2 Å². The summed E-state index contributed by atoms with van der Waals surface area (Å²) in [7, 11) is 0. The van der Waals surface area contributed by atoms with E-state index in [2.05, 4.69) is 15.3 Å².